The molecule has 134 valence electrons. The van der Waals surface area contributed by atoms with E-state index in [1.54, 1.807) is 5.56 Å². The number of alkyl halides is 3. The number of carboxylic acid groups (broad SMARTS) is 1. The van der Waals surface area contributed by atoms with Crippen LogP contribution >= 0.6 is 0 Å². The molecule has 0 amide bonds. The lowest BCUT2D eigenvalue weighted by Crippen LogP contribution is -2.28. The molecule has 0 radical (unpaired) electrons. The maximum Gasteiger partial charge on any atom is 0.405 e. The summed E-state index contributed by atoms with van der Waals surface area (Å²) in [5, 5.41) is 8.19. The van der Waals surface area contributed by atoms with Crippen LogP contribution in [-0.4, -0.2) is 17.3 Å². The van der Waals surface area contributed by atoms with Gasteiger partial charge in [-0.2, -0.15) is 13.2 Å². The van der Waals surface area contributed by atoms with Crippen LogP contribution in [0.5, 0.6) is 0 Å². The molecule has 24 heavy (non-hydrogen) atoms. The Balaban J connectivity index is 0.000000240. The van der Waals surface area contributed by atoms with Gasteiger partial charge in [-0.25, -0.2) is 0 Å². The number of allylic oxidation sites excluding steroid dienone is 1. The van der Waals surface area contributed by atoms with Gasteiger partial charge in [-0.3, -0.25) is 4.79 Å². The van der Waals surface area contributed by atoms with Gasteiger partial charge in [0.25, 0.3) is 0 Å². The van der Waals surface area contributed by atoms with Gasteiger partial charge in [0.2, 0.25) is 0 Å². The molecular weight excluding hydrogens is 317 g/mol. The Morgan fingerprint density at radius 3 is 2.04 bits per heavy atom. The van der Waals surface area contributed by atoms with E-state index < -0.39 is 18.1 Å². The van der Waals surface area contributed by atoms with Crippen molar-refractivity contribution in [3.8, 4) is 0 Å². The van der Waals surface area contributed by atoms with Crippen molar-refractivity contribution in [3.63, 3.8) is 0 Å². The molecule has 1 aliphatic carbocycles. The fourth-order valence-electron chi connectivity index (χ4n) is 2.80. The highest BCUT2D eigenvalue weighted by atomic mass is 19.4. The molecule has 2 nitrogen and oxygen atoms in total. The highest BCUT2D eigenvalue weighted by molar-refractivity contribution is 5.73. The SMILES string of the molecule is CC(C)=CC(C(=O)O)C(F)(F)F.c1ccc(C2CCCCC2)cc1. The molecule has 5 heteroatoms. The molecule has 0 aliphatic heterocycles. The van der Waals surface area contributed by atoms with Gasteiger partial charge in [0.05, 0.1) is 0 Å². The van der Waals surface area contributed by atoms with Gasteiger partial charge in [0.1, 0.15) is 0 Å². The molecule has 1 aromatic rings. The summed E-state index contributed by atoms with van der Waals surface area (Å²) in [6.45, 7) is 2.84. The lowest BCUT2D eigenvalue weighted by molar-refractivity contribution is -0.183. The lowest BCUT2D eigenvalue weighted by atomic mass is 9.84. The first kappa shape index (κ1) is 20.3. The van der Waals surface area contributed by atoms with Gasteiger partial charge < -0.3 is 5.11 Å². The normalized spacial score (nSPS) is 16.5. The average Bonchev–Trinajstić information content (AvgIpc) is 2.53. The average molecular weight is 342 g/mol. The Morgan fingerprint density at radius 1 is 1.12 bits per heavy atom. The first-order valence-electron chi connectivity index (χ1n) is 8.21. The molecule has 1 aliphatic rings. The molecule has 0 bridgehead atoms. The second kappa shape index (κ2) is 9.50. The summed E-state index contributed by atoms with van der Waals surface area (Å²) in [6, 6.07) is 11.0. The van der Waals surface area contributed by atoms with Crippen molar-refractivity contribution >= 4 is 5.97 Å². The highest BCUT2D eigenvalue weighted by Crippen LogP contribution is 2.32. The maximum absolute atomic E-state index is 11.9. The van der Waals surface area contributed by atoms with E-state index in [1.165, 1.54) is 46.0 Å². The summed E-state index contributed by atoms with van der Waals surface area (Å²) >= 11 is 0. The predicted octanol–water partition coefficient (Wildman–Crippen LogP) is 5.95. The molecule has 1 N–H and O–H groups in total. The van der Waals surface area contributed by atoms with Gasteiger partial charge in [-0.05, 0) is 38.2 Å². The first-order valence-corrected chi connectivity index (χ1v) is 8.21. The largest absolute Gasteiger partial charge is 0.481 e. The third kappa shape index (κ3) is 7.20. The van der Waals surface area contributed by atoms with Crippen molar-refractivity contribution in [1.82, 2.24) is 0 Å². The standard InChI is InChI=1S/C12H16.C7H9F3O2/c1-3-7-11(8-4-1)12-9-5-2-6-10-12;1-4(2)3-5(6(11)12)7(8,9)10/h1,3-4,7-8,12H,2,5-6,9-10H2;3,5H,1-2H3,(H,11,12). The van der Waals surface area contributed by atoms with Crippen LogP contribution < -0.4 is 0 Å². The highest BCUT2D eigenvalue weighted by Gasteiger charge is 2.43. The summed E-state index contributed by atoms with van der Waals surface area (Å²) in [5.74, 6) is -3.40. The fourth-order valence-corrected chi connectivity index (χ4v) is 2.80. The van der Waals surface area contributed by atoms with Gasteiger partial charge >= 0.3 is 12.1 Å². The zero-order valence-electron chi connectivity index (χ0n) is 14.1. The number of benzene rings is 1. The van der Waals surface area contributed by atoms with Crippen LogP contribution in [0.15, 0.2) is 42.0 Å². The third-order valence-electron chi connectivity index (χ3n) is 3.99. The third-order valence-corrected chi connectivity index (χ3v) is 3.99. The molecule has 1 atom stereocenters. The number of carboxylic acids is 1. The van der Waals surface area contributed by atoms with Gasteiger partial charge in [0.15, 0.2) is 5.92 Å². The number of hydrogen-bond donors (Lipinski definition) is 1. The first-order chi connectivity index (χ1) is 11.2. The van der Waals surface area contributed by atoms with Gasteiger partial charge in [0, 0.05) is 0 Å². The summed E-state index contributed by atoms with van der Waals surface area (Å²) in [6.07, 6.45) is 3.10. The quantitative estimate of drug-likeness (QED) is 0.689. The molecule has 1 unspecified atom stereocenters. The van der Waals surface area contributed by atoms with E-state index in [2.05, 4.69) is 30.3 Å². The molecular formula is C19H25F3O2. The van der Waals surface area contributed by atoms with Crippen molar-refractivity contribution < 1.29 is 23.1 Å². The van der Waals surface area contributed by atoms with Crippen LogP contribution in [0.3, 0.4) is 0 Å². The van der Waals surface area contributed by atoms with Crippen molar-refractivity contribution in [2.24, 2.45) is 5.92 Å². The maximum atomic E-state index is 11.9. The Labute approximate surface area is 141 Å². The van der Waals surface area contributed by atoms with E-state index >= 15 is 0 Å². The molecule has 1 fully saturated rings. The zero-order valence-corrected chi connectivity index (χ0v) is 14.1. The van der Waals surface area contributed by atoms with Crippen LogP contribution in [0, 0.1) is 5.92 Å². The lowest BCUT2D eigenvalue weighted by Gasteiger charge is -2.21. The molecule has 2 rings (SSSR count). The number of aliphatic carboxylic acids is 1. The minimum atomic E-state index is -4.71. The van der Waals surface area contributed by atoms with Crippen molar-refractivity contribution in [2.45, 2.75) is 58.0 Å². The van der Waals surface area contributed by atoms with E-state index in [0.29, 0.717) is 11.6 Å². The monoisotopic (exact) mass is 342 g/mol. The molecule has 0 saturated heterocycles. The van der Waals surface area contributed by atoms with Crippen molar-refractivity contribution in [1.29, 1.82) is 0 Å². The van der Waals surface area contributed by atoms with Gasteiger partial charge in [-0.1, -0.05) is 61.2 Å². The number of hydrogen-bond acceptors (Lipinski definition) is 1. The smallest absolute Gasteiger partial charge is 0.405 e. The zero-order chi connectivity index (χ0) is 18.2. The van der Waals surface area contributed by atoms with Crippen LogP contribution in [0.1, 0.15) is 57.4 Å². The molecule has 1 saturated carbocycles. The van der Waals surface area contributed by atoms with E-state index in [-0.39, 0.29) is 0 Å². The number of halogens is 3. The second-order valence-corrected chi connectivity index (χ2v) is 6.35. The number of rotatable bonds is 3. The summed E-state index contributed by atoms with van der Waals surface area (Å²) < 4.78 is 35.7. The van der Waals surface area contributed by atoms with Crippen LogP contribution in [0.25, 0.3) is 0 Å². The second-order valence-electron chi connectivity index (χ2n) is 6.35. The van der Waals surface area contributed by atoms with Gasteiger partial charge in [-0.15, -0.1) is 0 Å². The van der Waals surface area contributed by atoms with E-state index in [4.69, 9.17) is 5.11 Å². The van der Waals surface area contributed by atoms with Crippen molar-refractivity contribution in [3.05, 3.63) is 47.5 Å². The van der Waals surface area contributed by atoms with Crippen LogP contribution in [-0.2, 0) is 4.79 Å². The Bertz CT molecular complexity index is 525. The van der Waals surface area contributed by atoms with Crippen LogP contribution in [0.2, 0.25) is 0 Å². The fraction of sp³-hybridized carbons (Fsp3) is 0.526. The van der Waals surface area contributed by atoms with E-state index in [1.807, 2.05) is 0 Å². The van der Waals surface area contributed by atoms with E-state index in [0.717, 1.165) is 5.92 Å². The molecule has 1 aromatic carbocycles. The molecule has 0 spiro atoms. The Kier molecular flexibility index (Phi) is 8.02. The minimum Gasteiger partial charge on any atom is -0.481 e. The van der Waals surface area contributed by atoms with E-state index in [9.17, 15) is 18.0 Å². The number of carbonyl (C=O) groups is 1. The summed E-state index contributed by atoms with van der Waals surface area (Å²) in [4.78, 5) is 10.1. The molecule has 0 aromatic heterocycles. The molecule has 0 heterocycles. The topological polar surface area (TPSA) is 37.3 Å². The summed E-state index contributed by atoms with van der Waals surface area (Å²) in [7, 11) is 0. The Hall–Kier alpha value is -1.78. The van der Waals surface area contributed by atoms with Crippen LogP contribution in [0.4, 0.5) is 13.2 Å². The predicted molar refractivity (Wildman–Crippen MR) is 88.9 cm³/mol. The minimum absolute atomic E-state index is 0.333. The van der Waals surface area contributed by atoms with Crippen molar-refractivity contribution in [2.75, 3.05) is 0 Å². The summed E-state index contributed by atoms with van der Waals surface area (Å²) in [5.41, 5.74) is 1.89. The Morgan fingerprint density at radius 2 is 1.67 bits per heavy atom.